The maximum absolute atomic E-state index is 12.7. The third kappa shape index (κ3) is 4.12. The number of sulfonamides is 1. The summed E-state index contributed by atoms with van der Waals surface area (Å²) in [6.45, 7) is 0.755. The monoisotopic (exact) mass is 378 g/mol. The lowest BCUT2D eigenvalue weighted by Crippen LogP contribution is -2.28. The molecule has 0 aromatic heterocycles. The van der Waals surface area contributed by atoms with Gasteiger partial charge in [-0.1, -0.05) is 30.3 Å². The number of para-hydroxylation sites is 2. The molecule has 1 heterocycles. The zero-order chi connectivity index (χ0) is 18.7. The maximum Gasteiger partial charge on any atom is 0.315 e. The Hall–Kier alpha value is -2.65. The van der Waals surface area contributed by atoms with Crippen LogP contribution in [-0.2, 0) is 20.5 Å². The minimum Gasteiger partial charge on any atom is -0.484 e. The molecule has 0 radical (unpaired) electrons. The summed E-state index contributed by atoms with van der Waals surface area (Å²) in [6, 6.07) is 13.0. The van der Waals surface area contributed by atoms with E-state index in [4.69, 9.17) is 9.47 Å². The van der Waals surface area contributed by atoms with Gasteiger partial charge in [0.1, 0.15) is 18.5 Å². The van der Waals surface area contributed by atoms with Gasteiger partial charge in [0.25, 0.3) is 0 Å². The van der Waals surface area contributed by atoms with Crippen molar-refractivity contribution in [1.82, 2.24) is 0 Å². The number of ether oxygens (including phenoxy) is 2. The molecule has 1 aliphatic rings. The molecule has 0 N–H and O–H groups in total. The van der Waals surface area contributed by atoms with E-state index in [0.29, 0.717) is 12.3 Å². The SMILES string of the molecule is CN(c1ccccc1)S(=O)(=O)Cc1cccc(OCC2CO2)c1[N+](=O)[O-]. The first kappa shape index (κ1) is 18.2. The Morgan fingerprint density at radius 1 is 1.23 bits per heavy atom. The van der Waals surface area contributed by atoms with Gasteiger partial charge in [-0.05, 0) is 18.2 Å². The average Bonchev–Trinajstić information content (AvgIpc) is 3.44. The molecule has 3 rings (SSSR count). The molecule has 26 heavy (non-hydrogen) atoms. The van der Waals surface area contributed by atoms with Crippen molar-refractivity contribution in [2.45, 2.75) is 11.9 Å². The number of hydrogen-bond acceptors (Lipinski definition) is 6. The number of nitro groups is 1. The molecule has 0 amide bonds. The molecule has 138 valence electrons. The van der Waals surface area contributed by atoms with E-state index < -0.39 is 20.7 Å². The Bertz CT molecular complexity index is 897. The molecule has 1 fully saturated rings. The van der Waals surface area contributed by atoms with Crippen molar-refractivity contribution in [1.29, 1.82) is 0 Å². The predicted octanol–water partition coefficient (Wildman–Crippen LogP) is 2.34. The number of epoxide rings is 1. The minimum atomic E-state index is -3.81. The summed E-state index contributed by atoms with van der Waals surface area (Å²) < 4.78 is 37.0. The van der Waals surface area contributed by atoms with Crippen molar-refractivity contribution >= 4 is 21.4 Å². The van der Waals surface area contributed by atoms with E-state index in [1.54, 1.807) is 36.4 Å². The molecule has 0 spiro atoms. The van der Waals surface area contributed by atoms with Crippen LogP contribution in [0.2, 0.25) is 0 Å². The average molecular weight is 378 g/mol. The summed E-state index contributed by atoms with van der Waals surface area (Å²) in [5, 5.41) is 11.5. The van der Waals surface area contributed by atoms with Crippen LogP contribution in [0.5, 0.6) is 5.75 Å². The summed E-state index contributed by atoms with van der Waals surface area (Å²) in [4.78, 5) is 10.9. The second-order valence-electron chi connectivity index (χ2n) is 5.85. The largest absolute Gasteiger partial charge is 0.484 e. The molecule has 1 saturated heterocycles. The Morgan fingerprint density at radius 3 is 2.54 bits per heavy atom. The van der Waals surface area contributed by atoms with Crippen LogP contribution in [0.4, 0.5) is 11.4 Å². The van der Waals surface area contributed by atoms with Crippen molar-refractivity contribution in [2.24, 2.45) is 0 Å². The molecular weight excluding hydrogens is 360 g/mol. The van der Waals surface area contributed by atoms with Crippen LogP contribution in [-0.4, -0.2) is 39.7 Å². The first-order valence-corrected chi connectivity index (χ1v) is 9.52. The van der Waals surface area contributed by atoms with Gasteiger partial charge in [-0.3, -0.25) is 14.4 Å². The molecule has 2 aromatic rings. The van der Waals surface area contributed by atoms with Crippen molar-refractivity contribution < 1.29 is 22.8 Å². The zero-order valence-electron chi connectivity index (χ0n) is 14.1. The third-order valence-electron chi connectivity index (χ3n) is 3.97. The van der Waals surface area contributed by atoms with Gasteiger partial charge in [0.05, 0.1) is 22.8 Å². The van der Waals surface area contributed by atoms with Gasteiger partial charge in [-0.25, -0.2) is 8.42 Å². The van der Waals surface area contributed by atoms with Crippen LogP contribution in [0, 0.1) is 10.1 Å². The summed E-state index contributed by atoms with van der Waals surface area (Å²) in [5.74, 6) is -0.466. The highest BCUT2D eigenvalue weighted by Gasteiger charge is 2.29. The zero-order valence-corrected chi connectivity index (χ0v) is 14.9. The highest BCUT2D eigenvalue weighted by molar-refractivity contribution is 7.92. The molecule has 0 aliphatic carbocycles. The van der Waals surface area contributed by atoms with Crippen LogP contribution in [0.1, 0.15) is 5.56 Å². The molecular formula is C17H18N2O6S. The lowest BCUT2D eigenvalue weighted by molar-refractivity contribution is -0.386. The van der Waals surface area contributed by atoms with E-state index >= 15 is 0 Å². The quantitative estimate of drug-likeness (QED) is 0.397. The predicted molar refractivity (Wildman–Crippen MR) is 95.8 cm³/mol. The standard InChI is InChI=1S/C17H18N2O6S/c1-18(14-7-3-2-4-8-14)26(22,23)12-13-6-5-9-16(17(13)19(20)21)25-11-15-10-24-15/h2-9,15H,10-12H2,1H3. The summed E-state index contributed by atoms with van der Waals surface area (Å²) in [7, 11) is -2.39. The Balaban J connectivity index is 1.88. The first-order valence-electron chi connectivity index (χ1n) is 7.91. The van der Waals surface area contributed by atoms with E-state index in [1.807, 2.05) is 0 Å². The number of nitrogens with zero attached hydrogens (tertiary/aromatic N) is 2. The van der Waals surface area contributed by atoms with E-state index in [-0.39, 0.29) is 29.7 Å². The topological polar surface area (TPSA) is 102 Å². The second kappa shape index (κ2) is 7.30. The fourth-order valence-electron chi connectivity index (χ4n) is 2.45. The van der Waals surface area contributed by atoms with Gasteiger partial charge in [0, 0.05) is 7.05 Å². The first-order chi connectivity index (χ1) is 12.4. The van der Waals surface area contributed by atoms with Crippen molar-refractivity contribution in [3.63, 3.8) is 0 Å². The van der Waals surface area contributed by atoms with Gasteiger partial charge in [0.15, 0.2) is 5.75 Å². The van der Waals surface area contributed by atoms with E-state index in [1.165, 1.54) is 19.2 Å². The third-order valence-corrected chi connectivity index (χ3v) is 5.69. The molecule has 0 saturated carbocycles. The lowest BCUT2D eigenvalue weighted by Gasteiger charge is -2.19. The number of hydrogen-bond donors (Lipinski definition) is 0. The number of rotatable bonds is 8. The molecule has 1 unspecified atom stereocenters. The van der Waals surface area contributed by atoms with Gasteiger partial charge in [-0.2, -0.15) is 0 Å². The summed E-state index contributed by atoms with van der Waals surface area (Å²) in [6.07, 6.45) is -0.0637. The van der Waals surface area contributed by atoms with Crippen molar-refractivity contribution in [3.8, 4) is 5.75 Å². The van der Waals surface area contributed by atoms with Gasteiger partial charge >= 0.3 is 5.69 Å². The second-order valence-corrected chi connectivity index (χ2v) is 7.85. The van der Waals surface area contributed by atoms with Gasteiger partial charge in [-0.15, -0.1) is 0 Å². The summed E-state index contributed by atoms with van der Waals surface area (Å²) in [5.41, 5.74) is 0.221. The highest BCUT2D eigenvalue weighted by Crippen LogP contribution is 2.33. The van der Waals surface area contributed by atoms with Crippen LogP contribution in [0.3, 0.4) is 0 Å². The minimum absolute atomic E-state index is 0.0422. The smallest absolute Gasteiger partial charge is 0.315 e. The van der Waals surface area contributed by atoms with Gasteiger partial charge < -0.3 is 9.47 Å². The molecule has 2 aromatic carbocycles. The van der Waals surface area contributed by atoms with Crippen LogP contribution < -0.4 is 9.04 Å². The lowest BCUT2D eigenvalue weighted by atomic mass is 10.2. The molecule has 8 nitrogen and oxygen atoms in total. The van der Waals surface area contributed by atoms with E-state index in [2.05, 4.69) is 0 Å². The molecule has 1 atom stereocenters. The van der Waals surface area contributed by atoms with E-state index in [9.17, 15) is 18.5 Å². The summed E-state index contributed by atoms with van der Waals surface area (Å²) >= 11 is 0. The normalized spacial score (nSPS) is 16.1. The van der Waals surface area contributed by atoms with Crippen LogP contribution in [0.15, 0.2) is 48.5 Å². The fourth-order valence-corrected chi connectivity index (χ4v) is 3.71. The van der Waals surface area contributed by atoms with Crippen molar-refractivity contribution in [3.05, 3.63) is 64.2 Å². The Morgan fingerprint density at radius 2 is 1.92 bits per heavy atom. The number of anilines is 1. The number of benzene rings is 2. The van der Waals surface area contributed by atoms with Crippen molar-refractivity contribution in [2.75, 3.05) is 24.6 Å². The van der Waals surface area contributed by atoms with Crippen LogP contribution in [0.25, 0.3) is 0 Å². The number of nitro benzene ring substituents is 1. The van der Waals surface area contributed by atoms with E-state index in [0.717, 1.165) is 4.31 Å². The highest BCUT2D eigenvalue weighted by atomic mass is 32.2. The van der Waals surface area contributed by atoms with Gasteiger partial charge in [0.2, 0.25) is 10.0 Å². The Labute approximate surface area is 151 Å². The Kier molecular flexibility index (Phi) is 5.10. The maximum atomic E-state index is 12.7. The fraction of sp³-hybridized carbons (Fsp3) is 0.294. The molecule has 0 bridgehead atoms. The van der Waals surface area contributed by atoms with Crippen LogP contribution >= 0.6 is 0 Å². The molecule has 9 heteroatoms. The molecule has 1 aliphatic heterocycles.